The first-order chi connectivity index (χ1) is 7.19. The SMILES string of the molecule is CC(C)N(CCCO)c1ccc(C=O)o1. The summed E-state index contributed by atoms with van der Waals surface area (Å²) in [5, 5.41) is 8.78. The van der Waals surface area contributed by atoms with E-state index >= 15 is 0 Å². The fourth-order valence-corrected chi connectivity index (χ4v) is 1.42. The third-order valence-corrected chi connectivity index (χ3v) is 2.19. The molecule has 0 aliphatic heterocycles. The van der Waals surface area contributed by atoms with Gasteiger partial charge in [0.05, 0.1) is 0 Å². The van der Waals surface area contributed by atoms with Crippen LogP contribution in [-0.4, -0.2) is 30.6 Å². The van der Waals surface area contributed by atoms with Gasteiger partial charge in [-0.15, -0.1) is 0 Å². The van der Waals surface area contributed by atoms with E-state index in [-0.39, 0.29) is 12.6 Å². The Hall–Kier alpha value is -1.29. The lowest BCUT2D eigenvalue weighted by atomic mass is 10.3. The zero-order valence-electron chi connectivity index (χ0n) is 9.14. The molecule has 1 N–H and O–H groups in total. The maximum atomic E-state index is 10.5. The van der Waals surface area contributed by atoms with Gasteiger partial charge < -0.3 is 14.4 Å². The van der Waals surface area contributed by atoms with Gasteiger partial charge in [0, 0.05) is 25.3 Å². The van der Waals surface area contributed by atoms with Crippen LogP contribution in [0, 0.1) is 0 Å². The van der Waals surface area contributed by atoms with Crippen molar-refractivity contribution in [3.63, 3.8) is 0 Å². The molecule has 0 unspecified atom stereocenters. The van der Waals surface area contributed by atoms with Crippen LogP contribution in [0.5, 0.6) is 0 Å². The highest BCUT2D eigenvalue weighted by Gasteiger charge is 2.13. The van der Waals surface area contributed by atoms with Crippen LogP contribution in [0.4, 0.5) is 5.88 Å². The summed E-state index contributed by atoms with van der Waals surface area (Å²) in [6.45, 7) is 4.96. The minimum atomic E-state index is 0.157. The number of furan rings is 1. The standard InChI is InChI=1S/C11H17NO3/c1-9(2)12(6-3-7-13)11-5-4-10(8-14)15-11/h4-5,8-9,13H,3,6-7H2,1-2H3. The summed E-state index contributed by atoms with van der Waals surface area (Å²) in [6.07, 6.45) is 1.38. The molecule has 0 aliphatic carbocycles. The number of nitrogens with zero attached hydrogens (tertiary/aromatic N) is 1. The smallest absolute Gasteiger partial charge is 0.196 e. The predicted molar refractivity (Wildman–Crippen MR) is 58.3 cm³/mol. The fraction of sp³-hybridized carbons (Fsp3) is 0.545. The monoisotopic (exact) mass is 211 g/mol. The second-order valence-electron chi connectivity index (χ2n) is 3.66. The maximum Gasteiger partial charge on any atom is 0.196 e. The van der Waals surface area contributed by atoms with Crippen molar-refractivity contribution in [3.05, 3.63) is 17.9 Å². The summed E-state index contributed by atoms with van der Waals surface area (Å²) in [7, 11) is 0. The maximum absolute atomic E-state index is 10.5. The molecule has 84 valence electrons. The van der Waals surface area contributed by atoms with E-state index in [4.69, 9.17) is 9.52 Å². The number of aliphatic hydroxyl groups is 1. The molecule has 4 nitrogen and oxygen atoms in total. The Labute approximate surface area is 89.5 Å². The van der Waals surface area contributed by atoms with Crippen LogP contribution in [0.1, 0.15) is 30.8 Å². The van der Waals surface area contributed by atoms with E-state index in [1.54, 1.807) is 12.1 Å². The van der Waals surface area contributed by atoms with Crippen molar-refractivity contribution in [2.75, 3.05) is 18.1 Å². The average molecular weight is 211 g/mol. The van der Waals surface area contributed by atoms with E-state index in [0.717, 1.165) is 6.54 Å². The second kappa shape index (κ2) is 5.56. The second-order valence-corrected chi connectivity index (χ2v) is 3.66. The minimum Gasteiger partial charge on any atom is -0.438 e. The predicted octanol–water partition coefficient (Wildman–Crippen LogP) is 1.69. The number of hydrogen-bond acceptors (Lipinski definition) is 4. The van der Waals surface area contributed by atoms with Gasteiger partial charge in [0.1, 0.15) is 0 Å². The lowest BCUT2D eigenvalue weighted by Crippen LogP contribution is -2.31. The summed E-state index contributed by atoms with van der Waals surface area (Å²) in [5.41, 5.74) is 0. The minimum absolute atomic E-state index is 0.157. The Bertz CT molecular complexity index is 307. The number of aldehydes is 1. The van der Waals surface area contributed by atoms with E-state index in [1.807, 2.05) is 18.7 Å². The molecule has 1 aromatic heterocycles. The molecule has 0 radical (unpaired) electrons. The fourth-order valence-electron chi connectivity index (χ4n) is 1.42. The summed E-state index contributed by atoms with van der Waals surface area (Å²) in [5.74, 6) is 1.01. The molecule has 0 amide bonds. The third kappa shape index (κ3) is 3.09. The molecule has 0 fully saturated rings. The highest BCUT2D eigenvalue weighted by molar-refractivity contribution is 5.71. The van der Waals surface area contributed by atoms with Gasteiger partial charge in [-0.1, -0.05) is 0 Å². The van der Waals surface area contributed by atoms with Gasteiger partial charge in [-0.3, -0.25) is 4.79 Å². The first kappa shape index (κ1) is 11.8. The number of anilines is 1. The first-order valence-corrected chi connectivity index (χ1v) is 5.11. The van der Waals surface area contributed by atoms with E-state index in [0.29, 0.717) is 24.4 Å². The van der Waals surface area contributed by atoms with Crippen LogP contribution in [0.2, 0.25) is 0 Å². The highest BCUT2D eigenvalue weighted by Crippen LogP contribution is 2.20. The van der Waals surface area contributed by atoms with Gasteiger partial charge in [0.2, 0.25) is 0 Å². The lowest BCUT2D eigenvalue weighted by Gasteiger charge is -2.25. The van der Waals surface area contributed by atoms with E-state index in [9.17, 15) is 4.79 Å². The van der Waals surface area contributed by atoms with Gasteiger partial charge in [-0.05, 0) is 26.3 Å². The lowest BCUT2D eigenvalue weighted by molar-refractivity contribution is 0.110. The number of carbonyl (C=O) groups excluding carboxylic acids is 1. The molecular formula is C11H17NO3. The summed E-state index contributed by atoms with van der Waals surface area (Å²) in [4.78, 5) is 12.5. The zero-order chi connectivity index (χ0) is 11.3. The Kier molecular flexibility index (Phi) is 4.37. The van der Waals surface area contributed by atoms with Crippen molar-refractivity contribution in [1.29, 1.82) is 0 Å². The van der Waals surface area contributed by atoms with Crippen LogP contribution in [0.3, 0.4) is 0 Å². The molecule has 0 aromatic carbocycles. The molecule has 0 saturated carbocycles. The molecule has 15 heavy (non-hydrogen) atoms. The molecule has 1 heterocycles. The Morgan fingerprint density at radius 1 is 1.53 bits per heavy atom. The van der Waals surface area contributed by atoms with Crippen molar-refractivity contribution in [1.82, 2.24) is 0 Å². The van der Waals surface area contributed by atoms with Crippen LogP contribution in [-0.2, 0) is 0 Å². The Balaban J connectivity index is 2.74. The van der Waals surface area contributed by atoms with Crippen molar-refractivity contribution in [2.45, 2.75) is 26.3 Å². The number of carbonyl (C=O) groups is 1. The third-order valence-electron chi connectivity index (χ3n) is 2.19. The van der Waals surface area contributed by atoms with Gasteiger partial charge in [0.25, 0.3) is 0 Å². The van der Waals surface area contributed by atoms with Crippen LogP contribution in [0.25, 0.3) is 0 Å². The summed E-state index contributed by atoms with van der Waals surface area (Å²) < 4.78 is 5.33. The average Bonchev–Trinajstić information content (AvgIpc) is 2.66. The van der Waals surface area contributed by atoms with E-state index in [2.05, 4.69) is 0 Å². The molecule has 0 aliphatic rings. The summed E-state index contributed by atoms with van der Waals surface area (Å²) >= 11 is 0. The van der Waals surface area contributed by atoms with Crippen molar-refractivity contribution >= 4 is 12.2 Å². The van der Waals surface area contributed by atoms with Gasteiger partial charge in [0.15, 0.2) is 17.9 Å². The number of rotatable bonds is 6. The Morgan fingerprint density at radius 2 is 2.27 bits per heavy atom. The highest BCUT2D eigenvalue weighted by atomic mass is 16.4. The molecule has 0 spiro atoms. The Morgan fingerprint density at radius 3 is 2.73 bits per heavy atom. The number of aliphatic hydroxyl groups excluding tert-OH is 1. The van der Waals surface area contributed by atoms with Crippen molar-refractivity contribution in [2.24, 2.45) is 0 Å². The quantitative estimate of drug-likeness (QED) is 0.727. The van der Waals surface area contributed by atoms with Crippen LogP contribution in [0.15, 0.2) is 16.5 Å². The summed E-state index contributed by atoms with van der Waals surface area (Å²) in [6, 6.07) is 3.71. The van der Waals surface area contributed by atoms with Gasteiger partial charge in [-0.25, -0.2) is 0 Å². The number of hydrogen-bond donors (Lipinski definition) is 1. The van der Waals surface area contributed by atoms with Crippen LogP contribution >= 0.6 is 0 Å². The largest absolute Gasteiger partial charge is 0.438 e. The topological polar surface area (TPSA) is 53.7 Å². The molecule has 4 heteroatoms. The zero-order valence-corrected chi connectivity index (χ0v) is 9.14. The molecular weight excluding hydrogens is 194 g/mol. The molecule has 0 bridgehead atoms. The van der Waals surface area contributed by atoms with Crippen molar-refractivity contribution in [3.8, 4) is 0 Å². The van der Waals surface area contributed by atoms with E-state index < -0.39 is 0 Å². The molecule has 1 rings (SSSR count). The normalized spacial score (nSPS) is 10.7. The molecule has 1 aromatic rings. The van der Waals surface area contributed by atoms with Crippen LogP contribution < -0.4 is 4.90 Å². The van der Waals surface area contributed by atoms with Crippen molar-refractivity contribution < 1.29 is 14.3 Å². The van der Waals surface area contributed by atoms with Gasteiger partial charge >= 0.3 is 0 Å². The molecule has 0 atom stereocenters. The van der Waals surface area contributed by atoms with E-state index in [1.165, 1.54) is 0 Å². The molecule has 0 saturated heterocycles. The van der Waals surface area contributed by atoms with Gasteiger partial charge in [-0.2, -0.15) is 0 Å². The first-order valence-electron chi connectivity index (χ1n) is 5.11.